The van der Waals surface area contributed by atoms with Crippen LogP contribution in [0.3, 0.4) is 0 Å². The fourth-order valence-electron chi connectivity index (χ4n) is 2.31. The summed E-state index contributed by atoms with van der Waals surface area (Å²) >= 11 is 0. The molecule has 1 aromatic carbocycles. The Hall–Kier alpha value is -1.66. The van der Waals surface area contributed by atoms with Crippen molar-refractivity contribution in [3.05, 3.63) is 35.6 Å². The number of urea groups is 1. The number of hydrogen-bond donors (Lipinski definition) is 3. The van der Waals surface area contributed by atoms with Crippen LogP contribution >= 0.6 is 0 Å². The number of aliphatic hydroxyl groups is 1. The minimum absolute atomic E-state index is 0.132. The van der Waals surface area contributed by atoms with Gasteiger partial charge in [0.1, 0.15) is 5.82 Å². The summed E-state index contributed by atoms with van der Waals surface area (Å²) in [6.07, 6.45) is 1.15. The predicted molar refractivity (Wildman–Crippen MR) is 89.8 cm³/mol. The van der Waals surface area contributed by atoms with E-state index in [4.69, 9.17) is 0 Å². The quantitative estimate of drug-likeness (QED) is 0.687. The lowest BCUT2D eigenvalue weighted by atomic mass is 9.98. The summed E-state index contributed by atoms with van der Waals surface area (Å²) in [7, 11) is 3.75. The first-order chi connectivity index (χ1) is 10.8. The number of carbonyl (C=O) groups excluding carboxylic acids is 1. The maximum atomic E-state index is 13.4. The van der Waals surface area contributed by atoms with E-state index in [2.05, 4.69) is 10.6 Å². The Bertz CT molecular complexity index is 504. The molecule has 0 heterocycles. The van der Waals surface area contributed by atoms with Gasteiger partial charge in [0.25, 0.3) is 0 Å². The van der Waals surface area contributed by atoms with Gasteiger partial charge in [-0.25, -0.2) is 9.18 Å². The molecule has 0 aliphatic carbocycles. The van der Waals surface area contributed by atoms with Crippen LogP contribution in [0, 0.1) is 5.82 Å². The molecule has 3 N–H and O–H groups in total. The summed E-state index contributed by atoms with van der Waals surface area (Å²) < 4.78 is 13.4. The van der Waals surface area contributed by atoms with Crippen molar-refractivity contribution in [3.63, 3.8) is 0 Å². The molecular weight excluding hydrogens is 297 g/mol. The van der Waals surface area contributed by atoms with Gasteiger partial charge in [-0.3, -0.25) is 0 Å². The molecule has 0 saturated carbocycles. The highest BCUT2D eigenvalue weighted by Gasteiger charge is 2.23. The first-order valence-corrected chi connectivity index (χ1v) is 7.97. The summed E-state index contributed by atoms with van der Waals surface area (Å²) in [4.78, 5) is 13.8. The van der Waals surface area contributed by atoms with E-state index >= 15 is 0 Å². The van der Waals surface area contributed by atoms with E-state index in [0.29, 0.717) is 19.4 Å². The first-order valence-electron chi connectivity index (χ1n) is 7.97. The van der Waals surface area contributed by atoms with Crippen LogP contribution in [0.4, 0.5) is 9.18 Å². The van der Waals surface area contributed by atoms with Crippen LogP contribution in [0.25, 0.3) is 0 Å². The SMILES string of the molecule is CCC(O)(CC)CNC(=O)NCC(c1cccc(F)c1)N(C)C. The summed E-state index contributed by atoms with van der Waals surface area (Å²) in [5, 5.41) is 15.6. The van der Waals surface area contributed by atoms with Crippen molar-refractivity contribution in [1.29, 1.82) is 0 Å². The van der Waals surface area contributed by atoms with E-state index in [1.165, 1.54) is 12.1 Å². The van der Waals surface area contributed by atoms with Crippen LogP contribution in [0.5, 0.6) is 0 Å². The van der Waals surface area contributed by atoms with Gasteiger partial charge in [0.05, 0.1) is 11.6 Å². The summed E-state index contributed by atoms with van der Waals surface area (Å²) in [5.41, 5.74) is -0.0742. The van der Waals surface area contributed by atoms with Gasteiger partial charge in [-0.2, -0.15) is 0 Å². The molecule has 0 aliphatic heterocycles. The third kappa shape index (κ3) is 6.15. The molecular formula is C17H28FN3O2. The van der Waals surface area contributed by atoms with Crippen molar-refractivity contribution >= 4 is 6.03 Å². The van der Waals surface area contributed by atoms with E-state index in [-0.39, 0.29) is 24.4 Å². The lowest BCUT2D eigenvalue weighted by Gasteiger charge is -2.27. The molecule has 0 saturated heterocycles. The molecule has 1 unspecified atom stereocenters. The average molecular weight is 325 g/mol. The third-order valence-corrected chi connectivity index (χ3v) is 4.21. The number of nitrogens with one attached hydrogen (secondary N) is 2. The normalized spacial score (nSPS) is 13.0. The highest BCUT2D eigenvalue weighted by molar-refractivity contribution is 5.73. The van der Waals surface area contributed by atoms with Gasteiger partial charge in [0.15, 0.2) is 0 Å². The van der Waals surface area contributed by atoms with E-state index in [0.717, 1.165) is 5.56 Å². The van der Waals surface area contributed by atoms with Crippen LogP contribution in [0.1, 0.15) is 38.3 Å². The van der Waals surface area contributed by atoms with E-state index < -0.39 is 5.60 Å². The molecule has 130 valence electrons. The van der Waals surface area contributed by atoms with Crippen molar-refractivity contribution in [2.24, 2.45) is 0 Å². The fraction of sp³-hybridized carbons (Fsp3) is 0.588. The van der Waals surface area contributed by atoms with E-state index in [1.54, 1.807) is 6.07 Å². The number of likely N-dealkylation sites (N-methyl/N-ethyl adjacent to an activating group) is 1. The average Bonchev–Trinajstić information content (AvgIpc) is 2.52. The lowest BCUT2D eigenvalue weighted by Crippen LogP contribution is -2.47. The zero-order chi connectivity index (χ0) is 17.5. The van der Waals surface area contributed by atoms with Gasteiger partial charge in [0.2, 0.25) is 0 Å². The maximum absolute atomic E-state index is 13.4. The molecule has 5 nitrogen and oxygen atoms in total. The molecule has 1 atom stereocenters. The molecule has 2 amide bonds. The maximum Gasteiger partial charge on any atom is 0.314 e. The Morgan fingerprint density at radius 3 is 2.48 bits per heavy atom. The van der Waals surface area contributed by atoms with E-state index in [9.17, 15) is 14.3 Å². The minimum Gasteiger partial charge on any atom is -0.388 e. The Morgan fingerprint density at radius 1 is 1.30 bits per heavy atom. The zero-order valence-corrected chi connectivity index (χ0v) is 14.4. The van der Waals surface area contributed by atoms with Gasteiger partial charge in [-0.05, 0) is 44.6 Å². The Balaban J connectivity index is 2.58. The van der Waals surface area contributed by atoms with Crippen LogP contribution in [0.2, 0.25) is 0 Å². The molecule has 6 heteroatoms. The highest BCUT2D eigenvalue weighted by Crippen LogP contribution is 2.18. The molecule has 23 heavy (non-hydrogen) atoms. The number of benzene rings is 1. The molecule has 1 rings (SSSR count). The van der Waals surface area contributed by atoms with Crippen molar-refractivity contribution in [1.82, 2.24) is 15.5 Å². The number of halogens is 1. The number of amides is 2. The number of hydrogen-bond acceptors (Lipinski definition) is 3. The standard InChI is InChI=1S/C17H28FN3O2/c1-5-17(23,6-2)12-20-16(22)19-11-15(21(3)4)13-8-7-9-14(18)10-13/h7-10,15,23H,5-6,11-12H2,1-4H3,(H2,19,20,22). The van der Waals surface area contributed by atoms with Gasteiger partial charge in [0, 0.05) is 13.1 Å². The first kappa shape index (κ1) is 19.4. The molecule has 1 aromatic rings. The topological polar surface area (TPSA) is 64.6 Å². The van der Waals surface area contributed by atoms with Crippen molar-refractivity contribution < 1.29 is 14.3 Å². The predicted octanol–water partition coefficient (Wildman–Crippen LogP) is 2.28. The highest BCUT2D eigenvalue weighted by atomic mass is 19.1. The van der Waals surface area contributed by atoms with Crippen LogP contribution < -0.4 is 10.6 Å². The lowest BCUT2D eigenvalue weighted by molar-refractivity contribution is 0.0349. The number of carbonyl (C=O) groups is 1. The van der Waals surface area contributed by atoms with Gasteiger partial charge >= 0.3 is 6.03 Å². The molecule has 0 radical (unpaired) electrons. The van der Waals surface area contributed by atoms with Gasteiger partial charge in [-0.15, -0.1) is 0 Å². The molecule has 0 fully saturated rings. The zero-order valence-electron chi connectivity index (χ0n) is 14.4. The fourth-order valence-corrected chi connectivity index (χ4v) is 2.31. The third-order valence-electron chi connectivity index (χ3n) is 4.21. The van der Waals surface area contributed by atoms with E-state index in [1.807, 2.05) is 38.9 Å². The summed E-state index contributed by atoms with van der Waals surface area (Å²) in [6.45, 7) is 4.32. The smallest absolute Gasteiger partial charge is 0.314 e. The van der Waals surface area contributed by atoms with Crippen molar-refractivity contribution in [2.45, 2.75) is 38.3 Å². The van der Waals surface area contributed by atoms with Crippen LogP contribution in [-0.2, 0) is 0 Å². The van der Waals surface area contributed by atoms with Crippen molar-refractivity contribution in [3.8, 4) is 0 Å². The van der Waals surface area contributed by atoms with Crippen molar-refractivity contribution in [2.75, 3.05) is 27.2 Å². The molecule has 0 bridgehead atoms. The largest absolute Gasteiger partial charge is 0.388 e. The van der Waals surface area contributed by atoms with Gasteiger partial charge < -0.3 is 20.6 Å². The minimum atomic E-state index is -0.874. The second-order valence-corrected chi connectivity index (χ2v) is 6.03. The Morgan fingerprint density at radius 2 is 1.96 bits per heavy atom. The van der Waals surface area contributed by atoms with Gasteiger partial charge in [-0.1, -0.05) is 26.0 Å². The molecule has 0 aromatic heterocycles. The second kappa shape index (κ2) is 8.84. The number of nitrogens with zero attached hydrogens (tertiary/aromatic N) is 1. The second-order valence-electron chi connectivity index (χ2n) is 6.03. The summed E-state index contributed by atoms with van der Waals surface area (Å²) in [5.74, 6) is -0.297. The molecule has 0 spiro atoms. The Labute approximate surface area is 137 Å². The monoisotopic (exact) mass is 325 g/mol. The number of rotatable bonds is 8. The van der Waals surface area contributed by atoms with Crippen LogP contribution in [0.15, 0.2) is 24.3 Å². The van der Waals surface area contributed by atoms with Crippen LogP contribution in [-0.4, -0.2) is 48.8 Å². The Kier molecular flexibility index (Phi) is 7.45. The summed E-state index contributed by atoms with van der Waals surface area (Å²) in [6, 6.07) is 5.88. The molecule has 0 aliphatic rings.